The van der Waals surface area contributed by atoms with Crippen molar-refractivity contribution in [2.24, 2.45) is 5.92 Å². The van der Waals surface area contributed by atoms with Crippen LogP contribution >= 0.6 is 0 Å². The molecule has 0 aromatic carbocycles. The molecule has 178 valence electrons. The second-order valence-corrected chi connectivity index (χ2v) is 9.06. The standard InChI is InChI=1S/C25H49NO4/c1-6-7-8-9-10-11-12-13-14-15-16-17-18-24(27)30-23(3)21-29-25(28)22(2)19-20-26(4)5/h22-23H,6-21H2,1-5H3. The predicted molar refractivity (Wildman–Crippen MR) is 125 cm³/mol. The summed E-state index contributed by atoms with van der Waals surface area (Å²) >= 11 is 0. The van der Waals surface area contributed by atoms with Crippen LogP contribution in [0.5, 0.6) is 0 Å². The quantitative estimate of drug-likeness (QED) is 0.172. The number of rotatable bonds is 20. The minimum atomic E-state index is -0.389. The molecule has 0 aliphatic carbocycles. The van der Waals surface area contributed by atoms with Gasteiger partial charge < -0.3 is 14.4 Å². The van der Waals surface area contributed by atoms with Crippen molar-refractivity contribution < 1.29 is 19.1 Å². The monoisotopic (exact) mass is 427 g/mol. The maximum atomic E-state index is 12.0. The van der Waals surface area contributed by atoms with E-state index in [0.29, 0.717) is 6.42 Å². The number of unbranched alkanes of at least 4 members (excludes halogenated alkanes) is 11. The van der Waals surface area contributed by atoms with E-state index in [9.17, 15) is 9.59 Å². The second kappa shape index (κ2) is 19.8. The van der Waals surface area contributed by atoms with E-state index >= 15 is 0 Å². The van der Waals surface area contributed by atoms with E-state index in [0.717, 1.165) is 25.8 Å². The molecule has 0 N–H and O–H groups in total. The zero-order valence-corrected chi connectivity index (χ0v) is 20.5. The van der Waals surface area contributed by atoms with Gasteiger partial charge in [-0.05, 0) is 40.4 Å². The molecule has 0 rings (SSSR count). The van der Waals surface area contributed by atoms with Gasteiger partial charge in [0.2, 0.25) is 0 Å². The van der Waals surface area contributed by atoms with E-state index in [1.165, 1.54) is 64.2 Å². The molecule has 30 heavy (non-hydrogen) atoms. The fraction of sp³-hybridized carbons (Fsp3) is 0.920. The highest BCUT2D eigenvalue weighted by atomic mass is 16.6. The Morgan fingerprint density at radius 3 is 1.80 bits per heavy atom. The van der Waals surface area contributed by atoms with Gasteiger partial charge in [0.05, 0.1) is 5.92 Å². The van der Waals surface area contributed by atoms with Crippen LogP contribution in [0.2, 0.25) is 0 Å². The zero-order chi connectivity index (χ0) is 22.6. The lowest BCUT2D eigenvalue weighted by atomic mass is 10.0. The van der Waals surface area contributed by atoms with Crippen molar-refractivity contribution in [3.05, 3.63) is 0 Å². The summed E-state index contributed by atoms with van der Waals surface area (Å²) < 4.78 is 10.6. The average molecular weight is 428 g/mol. The van der Waals surface area contributed by atoms with E-state index in [2.05, 4.69) is 6.92 Å². The third-order valence-electron chi connectivity index (χ3n) is 5.44. The van der Waals surface area contributed by atoms with Gasteiger partial charge in [-0.3, -0.25) is 9.59 Å². The van der Waals surface area contributed by atoms with Crippen LogP contribution in [0.15, 0.2) is 0 Å². The summed E-state index contributed by atoms with van der Waals surface area (Å²) in [5, 5.41) is 0. The molecule has 0 saturated carbocycles. The Hall–Kier alpha value is -1.10. The molecule has 0 bridgehead atoms. The Balaban J connectivity index is 3.56. The summed E-state index contributed by atoms with van der Waals surface area (Å²) in [6.07, 6.45) is 16.1. The first kappa shape index (κ1) is 28.9. The molecule has 5 heteroatoms. The zero-order valence-electron chi connectivity index (χ0n) is 20.5. The SMILES string of the molecule is CCCCCCCCCCCCCCC(=O)OC(C)COC(=O)C(C)CCN(C)C. The van der Waals surface area contributed by atoms with E-state index in [4.69, 9.17) is 9.47 Å². The van der Waals surface area contributed by atoms with Crippen LogP contribution in [-0.4, -0.2) is 50.2 Å². The molecule has 0 heterocycles. The summed E-state index contributed by atoms with van der Waals surface area (Å²) in [4.78, 5) is 25.9. The van der Waals surface area contributed by atoms with Gasteiger partial charge in [0, 0.05) is 6.42 Å². The minimum absolute atomic E-state index is 0.134. The van der Waals surface area contributed by atoms with Crippen LogP contribution in [0.25, 0.3) is 0 Å². The molecule has 0 radical (unpaired) electrons. The molecule has 5 nitrogen and oxygen atoms in total. The van der Waals surface area contributed by atoms with E-state index in [1.54, 1.807) is 6.92 Å². The van der Waals surface area contributed by atoms with Gasteiger partial charge in [-0.15, -0.1) is 0 Å². The molecule has 2 unspecified atom stereocenters. The fourth-order valence-corrected chi connectivity index (χ4v) is 3.34. The summed E-state index contributed by atoms with van der Waals surface area (Å²) in [5.74, 6) is -0.552. The van der Waals surface area contributed by atoms with Crippen LogP contribution in [-0.2, 0) is 19.1 Å². The van der Waals surface area contributed by atoms with Crippen LogP contribution in [0.1, 0.15) is 111 Å². The Morgan fingerprint density at radius 2 is 1.30 bits per heavy atom. The Labute approximate surface area is 186 Å². The van der Waals surface area contributed by atoms with Crippen LogP contribution < -0.4 is 0 Å². The van der Waals surface area contributed by atoms with Crippen molar-refractivity contribution >= 4 is 11.9 Å². The third-order valence-corrected chi connectivity index (χ3v) is 5.44. The third kappa shape index (κ3) is 18.9. The smallest absolute Gasteiger partial charge is 0.308 e. The van der Waals surface area contributed by atoms with Crippen LogP contribution in [0, 0.1) is 5.92 Å². The normalized spacial score (nSPS) is 13.3. The Morgan fingerprint density at radius 1 is 0.800 bits per heavy atom. The van der Waals surface area contributed by atoms with Gasteiger partial charge in [-0.25, -0.2) is 0 Å². The molecule has 0 fully saturated rings. The van der Waals surface area contributed by atoms with Crippen LogP contribution in [0.3, 0.4) is 0 Å². The molecular formula is C25H49NO4. The van der Waals surface area contributed by atoms with Gasteiger partial charge in [0.1, 0.15) is 12.7 Å². The van der Waals surface area contributed by atoms with E-state index < -0.39 is 0 Å². The summed E-state index contributed by atoms with van der Waals surface area (Å²) in [5.41, 5.74) is 0. The molecule has 0 aromatic heterocycles. The number of hydrogen-bond acceptors (Lipinski definition) is 5. The number of esters is 2. The highest BCUT2D eigenvalue weighted by molar-refractivity contribution is 5.72. The fourth-order valence-electron chi connectivity index (χ4n) is 3.34. The molecule has 0 spiro atoms. The molecule has 0 saturated heterocycles. The molecular weight excluding hydrogens is 378 g/mol. The summed E-state index contributed by atoms with van der Waals surface area (Å²) in [6.45, 7) is 6.88. The molecule has 0 aliphatic heterocycles. The van der Waals surface area contributed by atoms with Gasteiger partial charge in [-0.2, -0.15) is 0 Å². The number of hydrogen-bond donors (Lipinski definition) is 0. The summed E-state index contributed by atoms with van der Waals surface area (Å²) in [7, 11) is 3.96. The lowest BCUT2D eigenvalue weighted by Gasteiger charge is -2.17. The lowest BCUT2D eigenvalue weighted by molar-refractivity contribution is -0.160. The highest BCUT2D eigenvalue weighted by Crippen LogP contribution is 2.13. The first-order chi connectivity index (χ1) is 14.4. The predicted octanol–water partition coefficient (Wildman–Crippen LogP) is 6.14. The maximum Gasteiger partial charge on any atom is 0.308 e. The topological polar surface area (TPSA) is 55.8 Å². The van der Waals surface area contributed by atoms with Gasteiger partial charge in [-0.1, -0.05) is 84.5 Å². The van der Waals surface area contributed by atoms with Gasteiger partial charge in [0.25, 0.3) is 0 Å². The molecule has 0 aliphatic rings. The van der Waals surface area contributed by atoms with Gasteiger partial charge in [0.15, 0.2) is 0 Å². The minimum Gasteiger partial charge on any atom is -0.462 e. The van der Waals surface area contributed by atoms with Gasteiger partial charge >= 0.3 is 11.9 Å². The van der Waals surface area contributed by atoms with Crippen molar-refractivity contribution in [3.8, 4) is 0 Å². The van der Waals surface area contributed by atoms with E-state index in [-0.39, 0.29) is 30.6 Å². The Bertz CT molecular complexity index is 425. The number of carbonyl (C=O) groups excluding carboxylic acids is 2. The lowest BCUT2D eigenvalue weighted by Crippen LogP contribution is -2.26. The van der Waals surface area contributed by atoms with Crippen molar-refractivity contribution in [1.29, 1.82) is 0 Å². The second-order valence-electron chi connectivity index (χ2n) is 9.06. The van der Waals surface area contributed by atoms with Crippen molar-refractivity contribution in [1.82, 2.24) is 4.90 Å². The number of ether oxygens (including phenoxy) is 2. The average Bonchev–Trinajstić information content (AvgIpc) is 2.70. The number of nitrogens with zero attached hydrogens (tertiary/aromatic N) is 1. The largest absolute Gasteiger partial charge is 0.462 e. The molecule has 0 aromatic rings. The first-order valence-electron chi connectivity index (χ1n) is 12.4. The first-order valence-corrected chi connectivity index (χ1v) is 12.4. The number of carbonyl (C=O) groups is 2. The van der Waals surface area contributed by atoms with E-state index in [1.807, 2.05) is 25.9 Å². The molecule has 0 amide bonds. The molecule has 2 atom stereocenters. The van der Waals surface area contributed by atoms with Crippen molar-refractivity contribution in [3.63, 3.8) is 0 Å². The highest BCUT2D eigenvalue weighted by Gasteiger charge is 2.17. The van der Waals surface area contributed by atoms with Crippen LogP contribution in [0.4, 0.5) is 0 Å². The summed E-state index contributed by atoms with van der Waals surface area (Å²) in [6, 6.07) is 0. The maximum absolute atomic E-state index is 12.0. The Kier molecular flexibility index (Phi) is 19.1. The van der Waals surface area contributed by atoms with Crippen molar-refractivity contribution in [2.75, 3.05) is 27.2 Å². The van der Waals surface area contributed by atoms with Crippen molar-refractivity contribution in [2.45, 2.75) is 117 Å².